The Bertz CT molecular complexity index is 307. The number of halogens is 1. The van der Waals surface area contributed by atoms with Crippen molar-refractivity contribution in [1.82, 2.24) is 5.32 Å². The van der Waals surface area contributed by atoms with Crippen LogP contribution in [0.5, 0.6) is 0 Å². The standard InChI is InChI=1S/C12H17N.ClH/c1-9(2)11-4-3-10-5-6-13-8-12(10)7-11;/h3-4,7,9,13H,5-6,8H2,1-2H3;1H. The predicted octanol–water partition coefficient (Wildman–Crippen LogP) is 2.88. The molecule has 0 saturated heterocycles. The summed E-state index contributed by atoms with van der Waals surface area (Å²) >= 11 is 0. The van der Waals surface area contributed by atoms with E-state index in [9.17, 15) is 0 Å². The summed E-state index contributed by atoms with van der Waals surface area (Å²) in [5, 5.41) is 3.41. The molecule has 2 rings (SSSR count). The highest BCUT2D eigenvalue weighted by molar-refractivity contribution is 5.85. The molecular formula is C12H18ClN. The zero-order chi connectivity index (χ0) is 9.26. The molecule has 0 amide bonds. The van der Waals surface area contributed by atoms with Gasteiger partial charge in [-0.25, -0.2) is 0 Å². The maximum Gasteiger partial charge on any atom is 0.0208 e. The van der Waals surface area contributed by atoms with Gasteiger partial charge in [0.05, 0.1) is 0 Å². The van der Waals surface area contributed by atoms with Gasteiger partial charge in [0.2, 0.25) is 0 Å². The number of hydrogen-bond donors (Lipinski definition) is 1. The first-order valence-electron chi connectivity index (χ1n) is 5.10. The van der Waals surface area contributed by atoms with Crippen LogP contribution >= 0.6 is 12.4 Å². The van der Waals surface area contributed by atoms with E-state index in [-0.39, 0.29) is 12.4 Å². The van der Waals surface area contributed by atoms with Crippen LogP contribution in [0.2, 0.25) is 0 Å². The molecule has 78 valence electrons. The van der Waals surface area contributed by atoms with Crippen molar-refractivity contribution < 1.29 is 0 Å². The van der Waals surface area contributed by atoms with Crippen molar-refractivity contribution in [3.05, 3.63) is 34.9 Å². The third-order valence-electron chi connectivity index (χ3n) is 2.78. The quantitative estimate of drug-likeness (QED) is 0.754. The lowest BCUT2D eigenvalue weighted by Crippen LogP contribution is -2.23. The molecule has 1 aliphatic rings. The van der Waals surface area contributed by atoms with Gasteiger partial charge in [0.15, 0.2) is 0 Å². The lowest BCUT2D eigenvalue weighted by atomic mass is 9.94. The highest BCUT2D eigenvalue weighted by atomic mass is 35.5. The average molecular weight is 212 g/mol. The van der Waals surface area contributed by atoms with Gasteiger partial charge in [-0.3, -0.25) is 0 Å². The van der Waals surface area contributed by atoms with Gasteiger partial charge in [0, 0.05) is 6.54 Å². The van der Waals surface area contributed by atoms with Crippen LogP contribution in [0.15, 0.2) is 18.2 Å². The molecular weight excluding hydrogens is 194 g/mol. The fourth-order valence-electron chi connectivity index (χ4n) is 1.86. The van der Waals surface area contributed by atoms with Crippen molar-refractivity contribution >= 4 is 12.4 Å². The third-order valence-corrected chi connectivity index (χ3v) is 2.78. The normalized spacial score (nSPS) is 14.8. The predicted molar refractivity (Wildman–Crippen MR) is 63.2 cm³/mol. The van der Waals surface area contributed by atoms with E-state index in [0.717, 1.165) is 13.1 Å². The van der Waals surface area contributed by atoms with Crippen LogP contribution in [0.4, 0.5) is 0 Å². The third kappa shape index (κ3) is 2.28. The molecule has 1 nitrogen and oxygen atoms in total. The SMILES string of the molecule is CC(C)c1ccc2c(c1)CNCC2.Cl. The number of hydrogen-bond acceptors (Lipinski definition) is 1. The van der Waals surface area contributed by atoms with Gasteiger partial charge in [-0.15, -0.1) is 12.4 Å². The summed E-state index contributed by atoms with van der Waals surface area (Å²) in [6, 6.07) is 6.92. The van der Waals surface area contributed by atoms with Crippen LogP contribution < -0.4 is 5.32 Å². The summed E-state index contributed by atoms with van der Waals surface area (Å²) in [6.45, 7) is 6.68. The second-order valence-electron chi connectivity index (χ2n) is 4.11. The second-order valence-corrected chi connectivity index (χ2v) is 4.11. The molecule has 0 aromatic heterocycles. The molecule has 1 aromatic carbocycles. The minimum atomic E-state index is 0. The Morgan fingerprint density at radius 2 is 2.00 bits per heavy atom. The van der Waals surface area contributed by atoms with Crippen molar-refractivity contribution in [2.75, 3.05) is 6.54 Å². The maximum atomic E-state index is 3.41. The van der Waals surface area contributed by atoms with Gasteiger partial charge in [0.25, 0.3) is 0 Å². The minimum Gasteiger partial charge on any atom is -0.312 e. The molecule has 0 fully saturated rings. The van der Waals surface area contributed by atoms with E-state index in [1.807, 2.05) is 0 Å². The fraction of sp³-hybridized carbons (Fsp3) is 0.500. The highest BCUT2D eigenvalue weighted by Crippen LogP contribution is 2.20. The van der Waals surface area contributed by atoms with Crippen LogP contribution in [0.3, 0.4) is 0 Å². The minimum absolute atomic E-state index is 0. The number of rotatable bonds is 1. The Morgan fingerprint density at radius 1 is 1.21 bits per heavy atom. The van der Waals surface area contributed by atoms with Gasteiger partial charge in [-0.1, -0.05) is 32.0 Å². The lowest BCUT2D eigenvalue weighted by molar-refractivity contribution is 0.641. The smallest absolute Gasteiger partial charge is 0.0208 e. The molecule has 1 heterocycles. The van der Waals surface area contributed by atoms with Crippen molar-refractivity contribution in [2.24, 2.45) is 0 Å². The summed E-state index contributed by atoms with van der Waals surface area (Å²) in [5.41, 5.74) is 4.49. The van der Waals surface area contributed by atoms with Gasteiger partial charge in [0.1, 0.15) is 0 Å². The van der Waals surface area contributed by atoms with Gasteiger partial charge in [-0.05, 0) is 35.6 Å². The molecule has 0 unspecified atom stereocenters. The number of fused-ring (bicyclic) bond motifs is 1. The molecule has 1 N–H and O–H groups in total. The van der Waals surface area contributed by atoms with Crippen molar-refractivity contribution in [3.8, 4) is 0 Å². The van der Waals surface area contributed by atoms with E-state index < -0.39 is 0 Å². The lowest BCUT2D eigenvalue weighted by Gasteiger charge is -2.18. The van der Waals surface area contributed by atoms with Gasteiger partial charge >= 0.3 is 0 Å². The Balaban J connectivity index is 0.000000980. The molecule has 0 atom stereocenters. The fourth-order valence-corrected chi connectivity index (χ4v) is 1.86. The Labute approximate surface area is 92.3 Å². The van der Waals surface area contributed by atoms with E-state index in [4.69, 9.17) is 0 Å². The van der Waals surface area contributed by atoms with Crippen molar-refractivity contribution in [3.63, 3.8) is 0 Å². The molecule has 14 heavy (non-hydrogen) atoms. The van der Waals surface area contributed by atoms with E-state index in [2.05, 4.69) is 37.4 Å². The molecule has 0 radical (unpaired) electrons. The van der Waals surface area contributed by atoms with Crippen molar-refractivity contribution in [2.45, 2.75) is 32.7 Å². The monoisotopic (exact) mass is 211 g/mol. The topological polar surface area (TPSA) is 12.0 Å². The van der Waals surface area contributed by atoms with E-state index in [1.165, 1.54) is 23.1 Å². The molecule has 2 heteroatoms. The molecule has 1 aliphatic heterocycles. The maximum absolute atomic E-state index is 3.41. The molecule has 0 spiro atoms. The summed E-state index contributed by atoms with van der Waals surface area (Å²) in [7, 11) is 0. The van der Waals surface area contributed by atoms with Crippen LogP contribution in [0.25, 0.3) is 0 Å². The molecule has 1 aromatic rings. The van der Waals surface area contributed by atoms with E-state index >= 15 is 0 Å². The number of benzene rings is 1. The summed E-state index contributed by atoms with van der Waals surface area (Å²) in [4.78, 5) is 0. The molecule has 0 bridgehead atoms. The molecule has 0 saturated carbocycles. The molecule has 0 aliphatic carbocycles. The Hall–Kier alpha value is -0.530. The number of nitrogens with one attached hydrogen (secondary N) is 1. The summed E-state index contributed by atoms with van der Waals surface area (Å²) in [6.07, 6.45) is 1.19. The van der Waals surface area contributed by atoms with E-state index in [1.54, 1.807) is 0 Å². The van der Waals surface area contributed by atoms with Gasteiger partial charge < -0.3 is 5.32 Å². The van der Waals surface area contributed by atoms with E-state index in [0.29, 0.717) is 5.92 Å². The highest BCUT2D eigenvalue weighted by Gasteiger charge is 2.09. The Morgan fingerprint density at radius 3 is 2.71 bits per heavy atom. The zero-order valence-corrected chi connectivity index (χ0v) is 9.66. The van der Waals surface area contributed by atoms with Gasteiger partial charge in [-0.2, -0.15) is 0 Å². The largest absolute Gasteiger partial charge is 0.312 e. The first-order chi connectivity index (χ1) is 6.27. The van der Waals surface area contributed by atoms with Crippen LogP contribution in [0.1, 0.15) is 36.5 Å². The van der Waals surface area contributed by atoms with Crippen molar-refractivity contribution in [1.29, 1.82) is 0 Å². The zero-order valence-electron chi connectivity index (χ0n) is 8.84. The average Bonchev–Trinajstić information content (AvgIpc) is 2.17. The first kappa shape index (κ1) is 11.5. The summed E-state index contributed by atoms with van der Waals surface area (Å²) in [5.74, 6) is 0.646. The van der Waals surface area contributed by atoms with Crippen LogP contribution in [0, 0.1) is 0 Å². The summed E-state index contributed by atoms with van der Waals surface area (Å²) < 4.78 is 0. The second kappa shape index (κ2) is 4.81. The Kier molecular flexibility index (Phi) is 3.97. The van der Waals surface area contributed by atoms with Crippen LogP contribution in [-0.4, -0.2) is 6.54 Å². The van der Waals surface area contributed by atoms with Crippen LogP contribution in [-0.2, 0) is 13.0 Å². The first-order valence-corrected chi connectivity index (χ1v) is 5.10.